The maximum absolute atomic E-state index is 4.66. The van der Waals surface area contributed by atoms with Crippen LogP contribution in [0.2, 0.25) is 0 Å². The van der Waals surface area contributed by atoms with Crippen LogP contribution in [-0.4, -0.2) is 28.2 Å². The Hall–Kier alpha value is -0.832. The van der Waals surface area contributed by atoms with Crippen LogP contribution in [0.25, 0.3) is 10.6 Å². The second-order valence-corrected chi connectivity index (χ2v) is 6.53. The standard InChI is InChI=1S/2C6H7N.2C2H6N.W/c2*1-5-3-2-4-6(5)7;2*1-3-2;/h2*2-3H,4H2,1H3;2*1-2H3;/q;;2*-1;. The van der Waals surface area contributed by atoms with Gasteiger partial charge in [0.2, 0.25) is 0 Å². The molecule has 0 radical (unpaired) electrons. The van der Waals surface area contributed by atoms with Crippen LogP contribution >= 0.6 is 0 Å². The van der Waals surface area contributed by atoms with Crippen LogP contribution in [0.3, 0.4) is 0 Å². The Morgan fingerprint density at radius 3 is 1.38 bits per heavy atom. The van der Waals surface area contributed by atoms with Gasteiger partial charge in [-0.3, -0.25) is 0 Å². The third-order valence-electron chi connectivity index (χ3n) is 2.57. The molecule has 2 aliphatic carbocycles. The van der Waals surface area contributed by atoms with E-state index in [-0.39, 0.29) is 0 Å². The van der Waals surface area contributed by atoms with Crippen LogP contribution in [-0.2, 0) is 18.2 Å². The van der Waals surface area contributed by atoms with Crippen molar-refractivity contribution in [1.29, 1.82) is 0 Å². The van der Waals surface area contributed by atoms with E-state index in [9.17, 15) is 0 Å². The van der Waals surface area contributed by atoms with E-state index >= 15 is 0 Å². The minimum Gasteiger partial charge on any atom is -0.668 e. The van der Waals surface area contributed by atoms with Gasteiger partial charge in [-0.05, 0) is 0 Å². The summed E-state index contributed by atoms with van der Waals surface area (Å²) in [6.07, 6.45) is 10.7. The monoisotopic (exact) mass is 458 g/mol. The summed E-state index contributed by atoms with van der Waals surface area (Å²) >= 11 is -0.903. The predicted octanol–water partition coefficient (Wildman–Crippen LogP) is 5.14. The van der Waals surface area contributed by atoms with Crippen LogP contribution in [0.1, 0.15) is 26.7 Å². The molecule has 2 rings (SSSR count). The summed E-state index contributed by atoms with van der Waals surface area (Å²) in [6.45, 7) is 4.26. The molecule has 0 aromatic carbocycles. The first-order valence-electron chi connectivity index (χ1n) is 6.87. The zero-order valence-electron chi connectivity index (χ0n) is 13.9. The van der Waals surface area contributed by atoms with Gasteiger partial charge < -0.3 is 10.6 Å². The van der Waals surface area contributed by atoms with Crippen LogP contribution in [0.15, 0.2) is 53.8 Å². The molecule has 0 aromatic heterocycles. The fourth-order valence-electron chi connectivity index (χ4n) is 1.55. The molecular weight excluding hydrogens is 432 g/mol. The summed E-state index contributed by atoms with van der Waals surface area (Å²) in [7, 11) is 7.00. The first kappa shape index (κ1) is 20.2. The molecule has 0 saturated carbocycles. The van der Waals surface area contributed by atoms with Gasteiger partial charge in [0.05, 0.1) is 0 Å². The molecule has 0 unspecified atom stereocenters. The van der Waals surface area contributed by atoms with Gasteiger partial charge in [0.15, 0.2) is 0 Å². The largest absolute Gasteiger partial charge is 0.668 e. The smallest absolute Gasteiger partial charge is 0.162 e. The van der Waals surface area contributed by atoms with E-state index in [4.69, 9.17) is 0 Å². The Morgan fingerprint density at radius 2 is 1.14 bits per heavy atom. The Balaban J connectivity index is 0.000000578. The molecule has 0 saturated heterocycles. The van der Waals surface area contributed by atoms with Crippen molar-refractivity contribution in [2.24, 2.45) is 6.99 Å². The number of nitrogens with zero attached hydrogens (tertiary/aromatic N) is 4. The number of hydrogen-bond donors (Lipinski definition) is 0. The molecule has 4 nitrogen and oxygen atoms in total. The van der Waals surface area contributed by atoms with E-state index in [1.807, 2.05) is 0 Å². The molecule has 0 N–H and O–H groups in total. The first-order chi connectivity index (χ1) is 10.1. The summed E-state index contributed by atoms with van der Waals surface area (Å²) in [4.78, 5) is 0. The number of rotatable bonds is 2. The second-order valence-electron chi connectivity index (χ2n) is 4.63. The van der Waals surface area contributed by atoms with Crippen LogP contribution in [0.4, 0.5) is 0 Å². The molecule has 2 aliphatic rings. The summed E-state index contributed by atoms with van der Waals surface area (Å²) < 4.78 is 9.31. The van der Waals surface area contributed by atoms with Gasteiger partial charge in [-0.25, -0.2) is 0 Å². The molecule has 0 aliphatic heterocycles. The topological polar surface area (TPSA) is 52.9 Å². The van der Waals surface area contributed by atoms with E-state index in [0.717, 1.165) is 12.8 Å². The Kier molecular flexibility index (Phi) is 12.4. The van der Waals surface area contributed by atoms with E-state index in [1.165, 1.54) is 22.5 Å². The fraction of sp³-hybridized carbons (Fsp3) is 0.500. The van der Waals surface area contributed by atoms with Gasteiger partial charge >= 0.3 is 98.7 Å². The second kappa shape index (κ2) is 12.9. The zero-order chi connectivity index (χ0) is 16.1. The van der Waals surface area contributed by atoms with Gasteiger partial charge in [0.1, 0.15) is 0 Å². The normalized spacial score (nSPS) is 15.3. The van der Waals surface area contributed by atoms with E-state index < -0.39 is 18.2 Å². The van der Waals surface area contributed by atoms with Crippen molar-refractivity contribution < 1.29 is 18.2 Å². The van der Waals surface area contributed by atoms with Crippen molar-refractivity contribution in [2.45, 2.75) is 26.7 Å². The minimum absolute atomic E-state index is 0.903. The van der Waals surface area contributed by atoms with Crippen molar-refractivity contribution in [1.82, 2.24) is 0 Å². The summed E-state index contributed by atoms with van der Waals surface area (Å²) in [5.41, 5.74) is 5.15. The Morgan fingerprint density at radius 1 is 0.810 bits per heavy atom. The molecule has 0 atom stereocenters. The van der Waals surface area contributed by atoms with Crippen LogP contribution < -0.4 is 0 Å². The van der Waals surface area contributed by atoms with Crippen LogP contribution in [0.5, 0.6) is 0 Å². The maximum atomic E-state index is 4.66. The predicted molar refractivity (Wildman–Crippen MR) is 88.2 cm³/mol. The van der Waals surface area contributed by atoms with E-state index in [0.29, 0.717) is 0 Å². The molecule has 0 aromatic rings. The average molecular weight is 458 g/mol. The Labute approximate surface area is 137 Å². The zero-order valence-corrected chi connectivity index (χ0v) is 16.9. The van der Waals surface area contributed by atoms with E-state index in [1.54, 1.807) is 28.2 Å². The fourth-order valence-corrected chi connectivity index (χ4v) is 3.97. The third kappa shape index (κ3) is 8.92. The van der Waals surface area contributed by atoms with Crippen molar-refractivity contribution >= 4 is 0 Å². The van der Waals surface area contributed by atoms with Gasteiger partial charge in [-0.2, -0.15) is 28.2 Å². The number of hydrogen-bond acceptors (Lipinski definition) is 2. The average Bonchev–Trinajstić information content (AvgIpc) is 3.02. The van der Waals surface area contributed by atoms with Crippen molar-refractivity contribution in [3.8, 4) is 0 Å². The van der Waals surface area contributed by atoms with Crippen molar-refractivity contribution in [2.75, 3.05) is 28.2 Å². The van der Waals surface area contributed by atoms with E-state index in [2.05, 4.69) is 55.8 Å². The quantitative estimate of drug-likeness (QED) is 0.550. The SMILES string of the molecule is CC1=C([N]=[W]=[N]C2=C(C)C=CC2)CC=C1.C[N-]C.C[N-]C. The van der Waals surface area contributed by atoms with Gasteiger partial charge in [0, 0.05) is 0 Å². The van der Waals surface area contributed by atoms with Gasteiger partial charge in [-0.15, -0.1) is 0 Å². The Bertz CT molecular complexity index is 450. The molecule has 5 heteroatoms. The van der Waals surface area contributed by atoms with Gasteiger partial charge in [-0.1, -0.05) is 0 Å². The molecule has 0 heterocycles. The molecule has 118 valence electrons. The molecule has 0 fully saturated rings. The number of allylic oxidation sites excluding steroid dienone is 6. The summed E-state index contributed by atoms with van der Waals surface area (Å²) in [6, 6.07) is 0. The summed E-state index contributed by atoms with van der Waals surface area (Å²) in [5, 5.41) is 7.00. The molecule has 0 amide bonds. The van der Waals surface area contributed by atoms with Crippen LogP contribution in [0, 0.1) is 0 Å². The first-order valence-corrected chi connectivity index (χ1v) is 9.49. The maximum Gasteiger partial charge on any atom is -0.162 e. The van der Waals surface area contributed by atoms with Crippen molar-refractivity contribution in [3.05, 3.63) is 57.5 Å². The third-order valence-corrected chi connectivity index (χ3v) is 4.74. The van der Waals surface area contributed by atoms with Crippen molar-refractivity contribution in [3.63, 3.8) is 0 Å². The molecule has 0 spiro atoms. The minimum atomic E-state index is -0.903. The molecule has 0 bridgehead atoms. The van der Waals surface area contributed by atoms with Gasteiger partial charge in [0.25, 0.3) is 0 Å². The molecule has 21 heavy (non-hydrogen) atoms. The summed E-state index contributed by atoms with van der Waals surface area (Å²) in [5.74, 6) is 0. The molecular formula is C16H26N4W-2.